The van der Waals surface area contributed by atoms with Gasteiger partial charge in [0, 0.05) is 24.9 Å². The van der Waals surface area contributed by atoms with Crippen LogP contribution in [0.4, 0.5) is 20.3 Å². The molecule has 2 atom stereocenters. The van der Waals surface area contributed by atoms with Crippen LogP contribution in [0.25, 0.3) is 10.9 Å². The van der Waals surface area contributed by atoms with Crippen LogP contribution in [0, 0.1) is 11.6 Å². The molecule has 0 saturated carbocycles. The third kappa shape index (κ3) is 4.76. The number of halogens is 3. The molecule has 0 bridgehead atoms. The smallest absolute Gasteiger partial charge is 0.237 e. The van der Waals surface area contributed by atoms with Gasteiger partial charge >= 0.3 is 0 Å². The summed E-state index contributed by atoms with van der Waals surface area (Å²) >= 11 is 5.69. The van der Waals surface area contributed by atoms with E-state index in [0.29, 0.717) is 41.8 Å². The number of ether oxygens (including phenoxy) is 2. The fraction of sp³-hybridized carbons (Fsp3) is 0.318. The number of piperidine rings is 1. The molecule has 2 heterocycles. The number of rotatable bonds is 6. The van der Waals surface area contributed by atoms with E-state index < -0.39 is 16.7 Å². The molecule has 1 fully saturated rings. The van der Waals surface area contributed by atoms with Crippen molar-refractivity contribution in [3.05, 3.63) is 47.2 Å². The Labute approximate surface area is 193 Å². The number of benzene rings is 2. The highest BCUT2D eigenvalue weighted by Gasteiger charge is 2.28. The quantitative estimate of drug-likeness (QED) is 0.467. The molecule has 1 aliphatic rings. The second kappa shape index (κ2) is 9.72. The van der Waals surface area contributed by atoms with Crippen molar-refractivity contribution in [3.8, 4) is 11.5 Å². The van der Waals surface area contributed by atoms with Gasteiger partial charge in [0.1, 0.15) is 29.1 Å². The van der Waals surface area contributed by atoms with Crippen LogP contribution in [-0.4, -0.2) is 48.7 Å². The summed E-state index contributed by atoms with van der Waals surface area (Å²) in [5.41, 5.74) is 0.491. The number of methoxy groups -OCH3 is 1. The van der Waals surface area contributed by atoms with E-state index in [4.69, 9.17) is 21.1 Å². The van der Waals surface area contributed by atoms with Crippen molar-refractivity contribution in [1.29, 1.82) is 0 Å². The number of likely N-dealkylation sites (N-methyl/N-ethyl adjacent to an activating group) is 1. The highest BCUT2D eigenvalue weighted by atomic mass is 35.5. The average Bonchev–Trinajstić information content (AvgIpc) is 2.84. The Morgan fingerprint density at radius 1 is 1.24 bits per heavy atom. The fourth-order valence-electron chi connectivity index (χ4n) is 3.71. The van der Waals surface area contributed by atoms with Crippen molar-refractivity contribution in [2.24, 2.45) is 0 Å². The molecule has 11 heteroatoms. The molecule has 8 nitrogen and oxygen atoms in total. The topological polar surface area (TPSA) is 97.4 Å². The van der Waals surface area contributed by atoms with Gasteiger partial charge in [0.05, 0.1) is 24.4 Å². The lowest BCUT2D eigenvalue weighted by Gasteiger charge is -2.30. The Morgan fingerprint density at radius 3 is 2.82 bits per heavy atom. The lowest BCUT2D eigenvalue weighted by molar-refractivity contribution is -0.123. The minimum absolute atomic E-state index is 0.0357. The first-order chi connectivity index (χ1) is 15.9. The lowest BCUT2D eigenvalue weighted by Crippen LogP contribution is -2.50. The van der Waals surface area contributed by atoms with Crippen molar-refractivity contribution < 1.29 is 23.0 Å². The first-order valence-electron chi connectivity index (χ1n) is 10.3. The minimum atomic E-state index is -0.927. The van der Waals surface area contributed by atoms with Gasteiger partial charge in [-0.3, -0.25) is 4.79 Å². The molecule has 1 aliphatic heterocycles. The number of hydrogen-bond donors (Lipinski definition) is 3. The van der Waals surface area contributed by atoms with E-state index in [2.05, 4.69) is 25.9 Å². The van der Waals surface area contributed by atoms with E-state index in [1.54, 1.807) is 19.2 Å². The molecular formula is C22H22ClF2N5O3. The van der Waals surface area contributed by atoms with E-state index in [1.807, 2.05) is 0 Å². The third-order valence-electron chi connectivity index (χ3n) is 5.42. The SMILES string of the molecule is CNC(=O)C1CC(Oc2cc3c(Nc4ccc(F)c(Cl)c4F)ncnc3cc2OC)CCN1. The second-order valence-corrected chi connectivity index (χ2v) is 7.85. The van der Waals surface area contributed by atoms with Gasteiger partial charge in [-0.05, 0) is 31.2 Å². The zero-order valence-electron chi connectivity index (χ0n) is 17.9. The van der Waals surface area contributed by atoms with Gasteiger partial charge in [0.15, 0.2) is 17.3 Å². The first kappa shape index (κ1) is 22.9. The number of anilines is 2. The molecule has 0 aliphatic carbocycles. The van der Waals surface area contributed by atoms with Crippen LogP contribution >= 0.6 is 11.6 Å². The maximum absolute atomic E-state index is 14.4. The fourth-order valence-corrected chi connectivity index (χ4v) is 3.87. The summed E-state index contributed by atoms with van der Waals surface area (Å²) in [5.74, 6) is -0.717. The molecule has 1 aromatic heterocycles. The molecule has 2 unspecified atom stereocenters. The Bertz CT molecular complexity index is 1200. The largest absolute Gasteiger partial charge is 0.493 e. The number of carbonyl (C=O) groups excluding carboxylic acids is 1. The zero-order chi connectivity index (χ0) is 23.5. The molecule has 4 rings (SSSR count). The van der Waals surface area contributed by atoms with Crippen LogP contribution in [0.5, 0.6) is 11.5 Å². The van der Waals surface area contributed by atoms with Crippen molar-refractivity contribution in [1.82, 2.24) is 20.6 Å². The molecule has 2 aromatic carbocycles. The summed E-state index contributed by atoms with van der Waals surface area (Å²) in [4.78, 5) is 20.5. The number of nitrogens with one attached hydrogen (secondary N) is 3. The van der Waals surface area contributed by atoms with Gasteiger partial charge < -0.3 is 25.4 Å². The van der Waals surface area contributed by atoms with Crippen LogP contribution in [0.1, 0.15) is 12.8 Å². The van der Waals surface area contributed by atoms with Gasteiger partial charge in [0.25, 0.3) is 0 Å². The monoisotopic (exact) mass is 477 g/mol. The molecule has 3 aromatic rings. The van der Waals surface area contributed by atoms with Gasteiger partial charge in [-0.1, -0.05) is 11.6 Å². The summed E-state index contributed by atoms with van der Waals surface area (Å²) in [7, 11) is 3.10. The Hall–Kier alpha value is -3.24. The van der Waals surface area contributed by atoms with E-state index >= 15 is 0 Å². The molecule has 3 N–H and O–H groups in total. The molecular weight excluding hydrogens is 456 g/mol. The standard InChI is InChI=1S/C22H22ClF2N5O3/c1-26-22(31)16-7-11(5-6-27-16)33-18-8-12-15(9-17(18)32-2)28-10-29-21(12)30-14-4-3-13(24)19(23)20(14)25/h3-4,8-11,16,27H,5-7H2,1-2H3,(H,26,31)(H,28,29,30). The Balaban J connectivity index is 1.67. The third-order valence-corrected chi connectivity index (χ3v) is 5.77. The predicted molar refractivity (Wildman–Crippen MR) is 120 cm³/mol. The second-order valence-electron chi connectivity index (χ2n) is 7.48. The number of hydrogen-bond acceptors (Lipinski definition) is 7. The highest BCUT2D eigenvalue weighted by molar-refractivity contribution is 6.31. The summed E-state index contributed by atoms with van der Waals surface area (Å²) in [5, 5.41) is 8.57. The molecule has 0 spiro atoms. The highest BCUT2D eigenvalue weighted by Crippen LogP contribution is 2.37. The van der Waals surface area contributed by atoms with Crippen molar-refractivity contribution >= 4 is 39.9 Å². The molecule has 1 saturated heterocycles. The molecule has 174 valence electrons. The maximum Gasteiger partial charge on any atom is 0.237 e. The van der Waals surface area contributed by atoms with Gasteiger partial charge in [-0.2, -0.15) is 0 Å². The maximum atomic E-state index is 14.4. The van der Waals surface area contributed by atoms with Gasteiger partial charge in [-0.15, -0.1) is 0 Å². The van der Waals surface area contributed by atoms with Crippen LogP contribution in [-0.2, 0) is 4.79 Å². The first-order valence-corrected chi connectivity index (χ1v) is 10.6. The number of carbonyl (C=O) groups is 1. The lowest BCUT2D eigenvalue weighted by atomic mass is 10.0. The molecule has 1 amide bonds. The van der Waals surface area contributed by atoms with Gasteiger partial charge in [-0.25, -0.2) is 18.7 Å². The van der Waals surface area contributed by atoms with Crippen molar-refractivity contribution in [2.75, 3.05) is 26.0 Å². The predicted octanol–water partition coefficient (Wildman–Crippen LogP) is 3.56. The molecule has 0 radical (unpaired) electrons. The van der Waals surface area contributed by atoms with Crippen LogP contribution in [0.15, 0.2) is 30.6 Å². The summed E-state index contributed by atoms with van der Waals surface area (Å²) in [6.45, 7) is 0.624. The number of nitrogens with zero attached hydrogens (tertiary/aromatic N) is 2. The van der Waals surface area contributed by atoms with Crippen LogP contribution in [0.2, 0.25) is 5.02 Å². The summed E-state index contributed by atoms with van der Waals surface area (Å²) in [6.07, 6.45) is 2.27. The number of fused-ring (bicyclic) bond motifs is 1. The van der Waals surface area contributed by atoms with Crippen molar-refractivity contribution in [3.63, 3.8) is 0 Å². The summed E-state index contributed by atoms with van der Waals surface area (Å²) in [6, 6.07) is 5.32. The van der Waals surface area contributed by atoms with E-state index in [9.17, 15) is 13.6 Å². The van der Waals surface area contributed by atoms with Crippen LogP contribution in [0.3, 0.4) is 0 Å². The average molecular weight is 478 g/mol. The van der Waals surface area contributed by atoms with Crippen molar-refractivity contribution in [2.45, 2.75) is 25.0 Å². The van der Waals surface area contributed by atoms with E-state index in [0.717, 1.165) is 6.07 Å². The normalized spacial score (nSPS) is 18.1. The van der Waals surface area contributed by atoms with E-state index in [-0.39, 0.29) is 29.6 Å². The zero-order valence-corrected chi connectivity index (χ0v) is 18.7. The number of amides is 1. The van der Waals surface area contributed by atoms with Gasteiger partial charge in [0.2, 0.25) is 5.91 Å². The Morgan fingerprint density at radius 2 is 2.06 bits per heavy atom. The van der Waals surface area contributed by atoms with E-state index in [1.165, 1.54) is 19.5 Å². The molecule has 33 heavy (non-hydrogen) atoms. The van der Waals surface area contributed by atoms with Crippen LogP contribution < -0.4 is 25.4 Å². The summed E-state index contributed by atoms with van der Waals surface area (Å²) < 4.78 is 39.6. The number of aromatic nitrogens is 2. The minimum Gasteiger partial charge on any atom is -0.493 e. The Kier molecular flexibility index (Phi) is 6.75.